The van der Waals surface area contributed by atoms with Gasteiger partial charge in [-0.15, -0.1) is 35.3 Å². The smallest absolute Gasteiger partial charge is 0.191 e. The van der Waals surface area contributed by atoms with Crippen molar-refractivity contribution in [3.8, 4) is 0 Å². The number of anilines is 1. The first kappa shape index (κ1) is 22.6. The number of halogens is 1. The van der Waals surface area contributed by atoms with Crippen molar-refractivity contribution >= 4 is 47.1 Å². The van der Waals surface area contributed by atoms with Gasteiger partial charge in [-0.05, 0) is 25.5 Å². The molecule has 0 radical (unpaired) electrons. The SMILES string of the molecule is CCNC(=NCc1cccc(N(C)C)n1)NCCc1ncc(CC)s1.I. The van der Waals surface area contributed by atoms with Crippen molar-refractivity contribution in [1.29, 1.82) is 0 Å². The Morgan fingerprint density at radius 3 is 2.69 bits per heavy atom. The third kappa shape index (κ3) is 7.45. The number of nitrogens with one attached hydrogen (secondary N) is 2. The van der Waals surface area contributed by atoms with E-state index >= 15 is 0 Å². The van der Waals surface area contributed by atoms with E-state index < -0.39 is 0 Å². The molecule has 2 rings (SSSR count). The van der Waals surface area contributed by atoms with Gasteiger partial charge in [-0.2, -0.15) is 0 Å². The van der Waals surface area contributed by atoms with Crippen molar-refractivity contribution in [2.24, 2.45) is 4.99 Å². The maximum absolute atomic E-state index is 4.63. The Balaban J connectivity index is 0.00000338. The van der Waals surface area contributed by atoms with Crippen LogP contribution in [0.2, 0.25) is 0 Å². The van der Waals surface area contributed by atoms with Gasteiger partial charge in [0.25, 0.3) is 0 Å². The van der Waals surface area contributed by atoms with Crippen LogP contribution in [0, 0.1) is 0 Å². The molecule has 0 bridgehead atoms. The van der Waals surface area contributed by atoms with Crippen LogP contribution in [-0.2, 0) is 19.4 Å². The van der Waals surface area contributed by atoms with Crippen LogP contribution in [0.4, 0.5) is 5.82 Å². The lowest BCUT2D eigenvalue weighted by Gasteiger charge is -2.13. The average molecular weight is 488 g/mol. The monoisotopic (exact) mass is 488 g/mol. The Morgan fingerprint density at radius 1 is 1.23 bits per heavy atom. The summed E-state index contributed by atoms with van der Waals surface area (Å²) in [4.78, 5) is 17.0. The van der Waals surface area contributed by atoms with Crippen LogP contribution in [0.15, 0.2) is 29.4 Å². The standard InChI is InChI=1S/C18H28N6S.HI/c1-5-15-13-21-17(25-15)10-11-20-18(19-6-2)22-12-14-8-7-9-16(23-14)24(3)4;/h7-9,13H,5-6,10-12H2,1-4H3,(H2,19,20,22);1H. The van der Waals surface area contributed by atoms with E-state index in [4.69, 9.17) is 0 Å². The lowest BCUT2D eigenvalue weighted by Crippen LogP contribution is -2.38. The highest BCUT2D eigenvalue weighted by molar-refractivity contribution is 14.0. The molecule has 0 spiro atoms. The quantitative estimate of drug-likeness (QED) is 0.340. The molecule has 8 heteroatoms. The lowest BCUT2D eigenvalue weighted by atomic mass is 10.3. The molecule has 2 aromatic heterocycles. The number of hydrogen-bond acceptors (Lipinski definition) is 5. The van der Waals surface area contributed by atoms with Gasteiger partial charge in [0.05, 0.1) is 17.2 Å². The van der Waals surface area contributed by atoms with Gasteiger partial charge in [-0.3, -0.25) is 0 Å². The van der Waals surface area contributed by atoms with Crippen LogP contribution < -0.4 is 15.5 Å². The molecule has 0 saturated carbocycles. The second-order valence-corrected chi connectivity index (χ2v) is 7.03. The predicted molar refractivity (Wildman–Crippen MR) is 122 cm³/mol. The highest BCUT2D eigenvalue weighted by Gasteiger charge is 2.03. The van der Waals surface area contributed by atoms with Crippen molar-refractivity contribution in [1.82, 2.24) is 20.6 Å². The first-order valence-corrected chi connectivity index (χ1v) is 9.53. The number of aliphatic imine (C=N–C) groups is 1. The minimum absolute atomic E-state index is 0. The molecule has 0 aliphatic rings. The molecule has 0 aliphatic heterocycles. The number of thiazole rings is 1. The summed E-state index contributed by atoms with van der Waals surface area (Å²) in [5, 5.41) is 7.82. The Labute approximate surface area is 177 Å². The summed E-state index contributed by atoms with van der Waals surface area (Å²) in [5.41, 5.74) is 0.955. The van der Waals surface area contributed by atoms with Gasteiger partial charge in [0.1, 0.15) is 5.82 Å². The summed E-state index contributed by atoms with van der Waals surface area (Å²) in [6.45, 7) is 6.41. The number of guanidine groups is 1. The fourth-order valence-electron chi connectivity index (χ4n) is 2.22. The molecule has 144 valence electrons. The summed E-state index contributed by atoms with van der Waals surface area (Å²) in [6.07, 6.45) is 3.93. The number of pyridine rings is 1. The van der Waals surface area contributed by atoms with E-state index in [9.17, 15) is 0 Å². The Bertz CT molecular complexity index is 686. The fraction of sp³-hybridized carbons (Fsp3) is 0.500. The summed E-state index contributed by atoms with van der Waals surface area (Å²) < 4.78 is 0. The predicted octanol–water partition coefficient (Wildman–Crippen LogP) is 3.08. The van der Waals surface area contributed by atoms with Gasteiger partial charge in [-0.1, -0.05) is 13.0 Å². The van der Waals surface area contributed by atoms with E-state index in [-0.39, 0.29) is 24.0 Å². The van der Waals surface area contributed by atoms with Gasteiger partial charge in [0.2, 0.25) is 0 Å². The summed E-state index contributed by atoms with van der Waals surface area (Å²) in [5.74, 6) is 1.76. The van der Waals surface area contributed by atoms with E-state index in [0.29, 0.717) is 6.54 Å². The molecule has 2 N–H and O–H groups in total. The summed E-state index contributed by atoms with van der Waals surface area (Å²) >= 11 is 1.79. The molecule has 0 amide bonds. The third-order valence-corrected chi connectivity index (χ3v) is 4.78. The third-order valence-electron chi connectivity index (χ3n) is 3.57. The van der Waals surface area contributed by atoms with Crippen molar-refractivity contribution in [2.75, 3.05) is 32.1 Å². The van der Waals surface area contributed by atoms with Crippen molar-refractivity contribution in [3.05, 3.63) is 40.0 Å². The number of aryl methyl sites for hydroxylation is 1. The molecule has 0 saturated heterocycles. The lowest BCUT2D eigenvalue weighted by molar-refractivity contribution is 0.793. The Hall–Kier alpha value is -1.42. The molecule has 0 aromatic carbocycles. The molecule has 0 aliphatic carbocycles. The van der Waals surface area contributed by atoms with Gasteiger partial charge in [0, 0.05) is 44.7 Å². The highest BCUT2D eigenvalue weighted by atomic mass is 127. The number of aromatic nitrogens is 2. The molecule has 26 heavy (non-hydrogen) atoms. The van der Waals surface area contributed by atoms with Crippen LogP contribution in [0.1, 0.15) is 29.4 Å². The largest absolute Gasteiger partial charge is 0.363 e. The second kappa shape index (κ2) is 12.1. The second-order valence-electron chi connectivity index (χ2n) is 5.83. The zero-order valence-electron chi connectivity index (χ0n) is 16.0. The van der Waals surface area contributed by atoms with Gasteiger partial charge in [0.15, 0.2) is 5.96 Å². The van der Waals surface area contributed by atoms with Gasteiger partial charge in [-0.25, -0.2) is 15.0 Å². The molecule has 2 heterocycles. The van der Waals surface area contributed by atoms with Gasteiger partial charge >= 0.3 is 0 Å². The van der Waals surface area contributed by atoms with Crippen LogP contribution >= 0.6 is 35.3 Å². The molecular weight excluding hydrogens is 459 g/mol. The number of nitrogens with zero attached hydrogens (tertiary/aromatic N) is 4. The number of hydrogen-bond donors (Lipinski definition) is 2. The van der Waals surface area contributed by atoms with Crippen LogP contribution in [0.5, 0.6) is 0 Å². The first-order valence-electron chi connectivity index (χ1n) is 8.71. The maximum Gasteiger partial charge on any atom is 0.191 e. The first-order chi connectivity index (χ1) is 12.1. The number of rotatable bonds is 8. The topological polar surface area (TPSA) is 65.4 Å². The van der Waals surface area contributed by atoms with E-state index in [1.54, 1.807) is 11.3 Å². The van der Waals surface area contributed by atoms with Gasteiger partial charge < -0.3 is 15.5 Å². The van der Waals surface area contributed by atoms with E-state index in [1.165, 1.54) is 9.88 Å². The summed E-state index contributed by atoms with van der Waals surface area (Å²) in [7, 11) is 3.98. The molecule has 0 fully saturated rings. The van der Waals surface area contributed by atoms with Crippen LogP contribution in [0.3, 0.4) is 0 Å². The van der Waals surface area contributed by atoms with Crippen LogP contribution in [-0.4, -0.2) is 43.1 Å². The molecule has 0 atom stereocenters. The van der Waals surface area contributed by atoms with E-state index in [2.05, 4.69) is 39.4 Å². The fourth-order valence-corrected chi connectivity index (χ4v) is 3.08. The zero-order chi connectivity index (χ0) is 18.1. The molecule has 0 unspecified atom stereocenters. The molecule has 2 aromatic rings. The van der Waals surface area contributed by atoms with Crippen molar-refractivity contribution in [2.45, 2.75) is 33.2 Å². The van der Waals surface area contributed by atoms with Crippen molar-refractivity contribution in [3.63, 3.8) is 0 Å². The average Bonchev–Trinajstić information content (AvgIpc) is 3.08. The Morgan fingerprint density at radius 2 is 2.04 bits per heavy atom. The molecule has 6 nitrogen and oxygen atoms in total. The minimum atomic E-state index is 0. The van der Waals surface area contributed by atoms with E-state index in [0.717, 1.165) is 43.4 Å². The van der Waals surface area contributed by atoms with Crippen molar-refractivity contribution < 1.29 is 0 Å². The van der Waals surface area contributed by atoms with Crippen LogP contribution in [0.25, 0.3) is 0 Å². The van der Waals surface area contributed by atoms with E-state index in [1.807, 2.05) is 43.4 Å². The molecular formula is C18H29IN6S. The Kier molecular flexibility index (Phi) is 10.5. The highest BCUT2D eigenvalue weighted by Crippen LogP contribution is 2.13. The maximum atomic E-state index is 4.63. The zero-order valence-corrected chi connectivity index (χ0v) is 19.1. The normalized spacial score (nSPS) is 11.0. The minimum Gasteiger partial charge on any atom is -0.363 e. The summed E-state index contributed by atoms with van der Waals surface area (Å²) in [6, 6.07) is 6.01.